The van der Waals surface area contributed by atoms with Gasteiger partial charge in [-0.1, -0.05) is 5.59 Å². The van der Waals surface area contributed by atoms with E-state index in [1.54, 1.807) is 0 Å². The summed E-state index contributed by atoms with van der Waals surface area (Å²) < 4.78 is 0. The van der Waals surface area contributed by atoms with Gasteiger partial charge in [-0.2, -0.15) is 0 Å². The second-order valence-electron chi connectivity index (χ2n) is 1.88. The quantitative estimate of drug-likeness (QED) is 0.439. The summed E-state index contributed by atoms with van der Waals surface area (Å²) in [6.07, 6.45) is 1.09. The number of aliphatic hydroxyl groups is 2. The Morgan fingerprint density at radius 2 is 2.36 bits per heavy atom. The van der Waals surface area contributed by atoms with Gasteiger partial charge < -0.3 is 15.1 Å². The lowest BCUT2D eigenvalue weighted by Crippen LogP contribution is -2.46. The highest BCUT2D eigenvalue weighted by atomic mass is 16.7. The minimum absolute atomic E-state index is 0.0952. The Hall–Kier alpha value is -1.11. The molecule has 11 heavy (non-hydrogen) atoms. The predicted molar refractivity (Wildman–Crippen MR) is 33.3 cm³/mol. The van der Waals surface area contributed by atoms with E-state index in [-0.39, 0.29) is 5.57 Å². The molecule has 0 saturated heterocycles. The number of nitrogens with one attached hydrogen (secondary N) is 1. The predicted octanol–water partition coefficient (Wildman–Crippen LogP) is -1.91. The summed E-state index contributed by atoms with van der Waals surface area (Å²) in [5.74, 6) is -0.499. The SMILES string of the molecule is O=C1C(CO)=CONN1CO. The lowest BCUT2D eigenvalue weighted by molar-refractivity contribution is -0.155. The van der Waals surface area contributed by atoms with Crippen LogP contribution in [0.25, 0.3) is 0 Å². The Morgan fingerprint density at radius 3 is 2.91 bits per heavy atom. The van der Waals surface area contributed by atoms with Gasteiger partial charge in [0.05, 0.1) is 12.2 Å². The van der Waals surface area contributed by atoms with Gasteiger partial charge in [0.2, 0.25) is 0 Å². The zero-order chi connectivity index (χ0) is 8.27. The maximum absolute atomic E-state index is 11.0. The van der Waals surface area contributed by atoms with Gasteiger partial charge in [-0.3, -0.25) is 4.79 Å². The van der Waals surface area contributed by atoms with Crippen LogP contribution in [0.3, 0.4) is 0 Å². The molecule has 0 unspecified atom stereocenters. The van der Waals surface area contributed by atoms with E-state index in [2.05, 4.69) is 10.4 Å². The molecule has 1 aliphatic heterocycles. The maximum atomic E-state index is 11.0. The summed E-state index contributed by atoms with van der Waals surface area (Å²) in [6.45, 7) is -0.910. The van der Waals surface area contributed by atoms with Crippen molar-refractivity contribution in [1.82, 2.24) is 10.6 Å². The van der Waals surface area contributed by atoms with Crippen molar-refractivity contribution in [2.75, 3.05) is 13.3 Å². The lowest BCUT2D eigenvalue weighted by Gasteiger charge is -2.23. The lowest BCUT2D eigenvalue weighted by atomic mass is 10.3. The third-order valence-corrected chi connectivity index (χ3v) is 1.20. The largest absolute Gasteiger partial charge is 0.396 e. The number of rotatable bonds is 2. The smallest absolute Gasteiger partial charge is 0.274 e. The zero-order valence-electron chi connectivity index (χ0n) is 5.65. The first kappa shape index (κ1) is 7.99. The topological polar surface area (TPSA) is 82.0 Å². The molecule has 1 aliphatic rings. The van der Waals surface area contributed by atoms with Crippen molar-refractivity contribution in [2.24, 2.45) is 0 Å². The molecule has 1 rings (SSSR count). The van der Waals surface area contributed by atoms with Crippen LogP contribution in [0.1, 0.15) is 0 Å². The van der Waals surface area contributed by atoms with Crippen molar-refractivity contribution in [1.29, 1.82) is 0 Å². The van der Waals surface area contributed by atoms with Gasteiger partial charge >= 0.3 is 0 Å². The molecule has 0 aromatic carbocycles. The first-order chi connectivity index (χ1) is 5.29. The Kier molecular flexibility index (Phi) is 2.42. The molecule has 0 atom stereocenters. The molecule has 0 radical (unpaired) electrons. The molecule has 3 N–H and O–H groups in total. The summed E-state index contributed by atoms with van der Waals surface area (Å²) in [5.41, 5.74) is 2.22. The molecular weight excluding hydrogens is 152 g/mol. The number of hydrazine groups is 1. The minimum Gasteiger partial charge on any atom is -0.396 e. The molecule has 0 fully saturated rings. The van der Waals surface area contributed by atoms with Crippen LogP contribution in [-0.2, 0) is 9.63 Å². The number of carbonyl (C=O) groups is 1. The fourth-order valence-electron chi connectivity index (χ4n) is 0.624. The van der Waals surface area contributed by atoms with E-state index in [4.69, 9.17) is 10.2 Å². The first-order valence-electron chi connectivity index (χ1n) is 2.93. The molecule has 0 spiro atoms. The number of carbonyl (C=O) groups excluding carboxylic acids is 1. The molecule has 0 aliphatic carbocycles. The third-order valence-electron chi connectivity index (χ3n) is 1.20. The van der Waals surface area contributed by atoms with Gasteiger partial charge in [-0.25, -0.2) is 5.01 Å². The molecule has 62 valence electrons. The summed E-state index contributed by atoms with van der Waals surface area (Å²) in [6, 6.07) is 0. The molecule has 6 heteroatoms. The highest BCUT2D eigenvalue weighted by Gasteiger charge is 2.21. The van der Waals surface area contributed by atoms with Crippen LogP contribution in [0.5, 0.6) is 0 Å². The Bertz CT molecular complexity index is 191. The molecule has 0 aromatic heterocycles. The fraction of sp³-hybridized carbons (Fsp3) is 0.400. The molecule has 0 bridgehead atoms. The first-order valence-corrected chi connectivity index (χ1v) is 2.93. The summed E-state index contributed by atoms with van der Waals surface area (Å²) in [5, 5.41) is 17.9. The van der Waals surface area contributed by atoms with Crippen molar-refractivity contribution in [3.63, 3.8) is 0 Å². The Labute approximate surface area is 62.6 Å². The van der Waals surface area contributed by atoms with Crippen molar-refractivity contribution in [3.8, 4) is 0 Å². The van der Waals surface area contributed by atoms with Crippen LogP contribution in [-0.4, -0.2) is 34.5 Å². The van der Waals surface area contributed by atoms with Gasteiger partial charge in [-0.05, 0) is 0 Å². The molecule has 1 heterocycles. The maximum Gasteiger partial charge on any atom is 0.274 e. The van der Waals surface area contributed by atoms with Crippen molar-refractivity contribution < 1.29 is 19.8 Å². The minimum atomic E-state index is -0.504. The molecule has 0 aromatic rings. The Balaban J connectivity index is 2.68. The average Bonchev–Trinajstić information content (AvgIpc) is 2.05. The van der Waals surface area contributed by atoms with Gasteiger partial charge in [0.15, 0.2) is 0 Å². The Morgan fingerprint density at radius 1 is 1.64 bits per heavy atom. The van der Waals surface area contributed by atoms with E-state index in [1.165, 1.54) is 0 Å². The van der Waals surface area contributed by atoms with Crippen LogP contribution in [0.15, 0.2) is 11.8 Å². The van der Waals surface area contributed by atoms with Gasteiger partial charge in [-0.15, -0.1) is 0 Å². The second-order valence-corrected chi connectivity index (χ2v) is 1.88. The van der Waals surface area contributed by atoms with E-state index in [9.17, 15) is 4.79 Å². The fourth-order valence-corrected chi connectivity index (χ4v) is 0.624. The van der Waals surface area contributed by atoms with E-state index in [0.29, 0.717) is 0 Å². The van der Waals surface area contributed by atoms with E-state index >= 15 is 0 Å². The highest BCUT2D eigenvalue weighted by Crippen LogP contribution is 2.03. The van der Waals surface area contributed by atoms with Crippen molar-refractivity contribution in [2.45, 2.75) is 0 Å². The van der Waals surface area contributed by atoms with Crippen LogP contribution in [0.4, 0.5) is 0 Å². The number of hydrogen-bond donors (Lipinski definition) is 3. The summed E-state index contributed by atoms with van der Waals surface area (Å²) in [7, 11) is 0. The van der Waals surface area contributed by atoms with E-state index < -0.39 is 19.2 Å². The van der Waals surface area contributed by atoms with Gasteiger partial charge in [0.25, 0.3) is 5.91 Å². The molecule has 1 amide bonds. The summed E-state index contributed by atoms with van der Waals surface area (Å²) >= 11 is 0. The number of nitrogens with zero attached hydrogens (tertiary/aromatic N) is 1. The molecule has 0 saturated carbocycles. The van der Waals surface area contributed by atoms with Gasteiger partial charge in [0, 0.05) is 0 Å². The molecule has 6 nitrogen and oxygen atoms in total. The zero-order valence-corrected chi connectivity index (χ0v) is 5.65. The molecular formula is C5H8N2O4. The van der Waals surface area contributed by atoms with Crippen molar-refractivity contribution >= 4 is 5.91 Å². The third kappa shape index (κ3) is 1.48. The van der Waals surface area contributed by atoms with Crippen LogP contribution in [0.2, 0.25) is 0 Å². The highest BCUT2D eigenvalue weighted by molar-refractivity contribution is 5.93. The van der Waals surface area contributed by atoms with Crippen LogP contribution < -0.4 is 5.59 Å². The summed E-state index contributed by atoms with van der Waals surface area (Å²) in [4.78, 5) is 15.5. The van der Waals surface area contributed by atoms with E-state index in [1.807, 2.05) is 0 Å². The van der Waals surface area contributed by atoms with Gasteiger partial charge in [0.1, 0.15) is 13.0 Å². The number of amides is 1. The monoisotopic (exact) mass is 160 g/mol. The van der Waals surface area contributed by atoms with Crippen molar-refractivity contribution in [3.05, 3.63) is 11.8 Å². The average molecular weight is 160 g/mol. The second kappa shape index (κ2) is 3.33. The van der Waals surface area contributed by atoms with Crippen LogP contribution in [0, 0.1) is 0 Å². The van der Waals surface area contributed by atoms with E-state index in [0.717, 1.165) is 11.3 Å². The number of aliphatic hydroxyl groups excluding tert-OH is 2. The number of hydrogen-bond acceptors (Lipinski definition) is 5. The standard InChI is InChI=1S/C5H8N2O4/c8-1-4-2-11-6-7(3-9)5(4)10/h2,6,8-9H,1,3H2. The van der Waals surface area contributed by atoms with Crippen LogP contribution >= 0.6 is 0 Å². The normalized spacial score (nSPS) is 17.8.